The number of carbonyl (C=O) groups is 1. The van der Waals surface area contributed by atoms with Crippen molar-refractivity contribution in [3.63, 3.8) is 0 Å². The fourth-order valence-electron chi connectivity index (χ4n) is 3.01. The van der Waals surface area contributed by atoms with Gasteiger partial charge >= 0.3 is 0 Å². The molecule has 1 aliphatic carbocycles. The lowest BCUT2D eigenvalue weighted by Crippen LogP contribution is -2.22. The van der Waals surface area contributed by atoms with Crippen LogP contribution in [0.1, 0.15) is 63.0 Å². The van der Waals surface area contributed by atoms with Crippen LogP contribution < -0.4 is 5.32 Å². The Balaban J connectivity index is 1.76. The minimum atomic E-state index is -0.0283. The number of hydrogen-bond acceptors (Lipinski definition) is 1. The molecule has 0 spiro atoms. The van der Waals surface area contributed by atoms with Crippen molar-refractivity contribution in [1.29, 1.82) is 0 Å². The third kappa shape index (κ3) is 5.83. The second kappa shape index (κ2) is 10.4. The number of hydrogen-bond donors (Lipinski definition) is 1. The van der Waals surface area contributed by atoms with Crippen LogP contribution in [0.3, 0.4) is 0 Å². The van der Waals surface area contributed by atoms with Crippen molar-refractivity contribution < 1.29 is 4.79 Å². The highest BCUT2D eigenvalue weighted by Crippen LogP contribution is 2.34. The molecule has 2 rings (SSSR count). The highest BCUT2D eigenvalue weighted by Gasteiger charge is 2.15. The second-order valence-corrected chi connectivity index (χ2v) is 6.77. The number of carbonyl (C=O) groups excluding carboxylic acids is 1. The molecule has 0 aromatic heterocycles. The Kier molecular flexibility index (Phi) is 8.11. The maximum absolute atomic E-state index is 11.9. The molecule has 130 valence electrons. The summed E-state index contributed by atoms with van der Waals surface area (Å²) in [5.41, 5.74) is 3.43. The summed E-state index contributed by atoms with van der Waals surface area (Å²) in [6.07, 6.45) is 12.7. The van der Waals surface area contributed by atoms with Gasteiger partial charge in [-0.15, -0.1) is 0 Å². The van der Waals surface area contributed by atoms with Gasteiger partial charge in [-0.2, -0.15) is 0 Å². The van der Waals surface area contributed by atoms with Crippen LogP contribution in [-0.2, 0) is 11.2 Å². The number of allylic oxidation sites excluding steroid dienone is 2. The molecule has 1 aliphatic rings. The largest absolute Gasteiger partial charge is 0.353 e. The van der Waals surface area contributed by atoms with Gasteiger partial charge in [0, 0.05) is 12.6 Å². The topological polar surface area (TPSA) is 29.1 Å². The van der Waals surface area contributed by atoms with E-state index >= 15 is 0 Å². The fourth-order valence-corrected chi connectivity index (χ4v) is 3.35. The zero-order chi connectivity index (χ0) is 17.2. The smallest absolute Gasteiger partial charge is 0.243 e. The zero-order valence-corrected chi connectivity index (χ0v) is 15.4. The maximum Gasteiger partial charge on any atom is 0.243 e. The predicted molar refractivity (Wildman–Crippen MR) is 103 cm³/mol. The van der Waals surface area contributed by atoms with Crippen molar-refractivity contribution >= 4 is 22.5 Å². The Hall–Kier alpha value is -1.54. The molecule has 3 heteroatoms. The Bertz CT molecular complexity index is 604. The van der Waals surface area contributed by atoms with Gasteiger partial charge in [0.05, 0.1) is 5.03 Å². The SMILES string of the molecule is CCCCCCCCNC(=O)C=CC1=C(Cl)c2ccccc2CC1. The Labute approximate surface area is 151 Å². The van der Waals surface area contributed by atoms with Crippen molar-refractivity contribution in [2.24, 2.45) is 0 Å². The van der Waals surface area contributed by atoms with Gasteiger partial charge < -0.3 is 5.32 Å². The molecular formula is C21H28ClNO. The van der Waals surface area contributed by atoms with Crippen molar-refractivity contribution in [3.8, 4) is 0 Å². The van der Waals surface area contributed by atoms with E-state index in [1.807, 2.05) is 24.3 Å². The first-order valence-electron chi connectivity index (χ1n) is 9.15. The first kappa shape index (κ1) is 18.8. The lowest BCUT2D eigenvalue weighted by molar-refractivity contribution is -0.116. The van der Waals surface area contributed by atoms with Crippen LogP contribution in [0.25, 0.3) is 5.03 Å². The Morgan fingerprint density at radius 1 is 1.12 bits per heavy atom. The van der Waals surface area contributed by atoms with E-state index in [9.17, 15) is 4.79 Å². The van der Waals surface area contributed by atoms with Crippen molar-refractivity contribution in [1.82, 2.24) is 5.32 Å². The monoisotopic (exact) mass is 345 g/mol. The average molecular weight is 346 g/mol. The number of amides is 1. The lowest BCUT2D eigenvalue weighted by atomic mass is 9.92. The molecule has 1 amide bonds. The molecular weight excluding hydrogens is 318 g/mol. The number of nitrogens with one attached hydrogen (secondary N) is 1. The zero-order valence-electron chi connectivity index (χ0n) is 14.6. The first-order chi connectivity index (χ1) is 11.7. The number of fused-ring (bicyclic) bond motifs is 1. The summed E-state index contributed by atoms with van der Waals surface area (Å²) in [4.78, 5) is 11.9. The van der Waals surface area contributed by atoms with Crippen LogP contribution >= 0.6 is 11.6 Å². The second-order valence-electron chi connectivity index (χ2n) is 6.39. The summed E-state index contributed by atoms with van der Waals surface area (Å²) in [6.45, 7) is 2.98. The number of halogens is 1. The van der Waals surface area contributed by atoms with Gasteiger partial charge in [0.1, 0.15) is 0 Å². The minimum absolute atomic E-state index is 0.0283. The molecule has 1 aromatic carbocycles. The van der Waals surface area contributed by atoms with Crippen molar-refractivity contribution in [3.05, 3.63) is 53.1 Å². The number of aryl methyl sites for hydroxylation is 1. The molecule has 24 heavy (non-hydrogen) atoms. The summed E-state index contributed by atoms with van der Waals surface area (Å²) >= 11 is 6.48. The van der Waals surface area contributed by atoms with Crippen molar-refractivity contribution in [2.75, 3.05) is 6.54 Å². The van der Waals surface area contributed by atoms with Gasteiger partial charge in [0.25, 0.3) is 0 Å². The van der Waals surface area contributed by atoms with E-state index in [0.29, 0.717) is 0 Å². The van der Waals surface area contributed by atoms with Crippen LogP contribution in [0, 0.1) is 0 Å². The third-order valence-corrected chi connectivity index (χ3v) is 4.91. The van der Waals surface area contributed by atoms with E-state index in [1.165, 1.54) is 37.7 Å². The minimum Gasteiger partial charge on any atom is -0.353 e. The van der Waals surface area contributed by atoms with Gasteiger partial charge in [0.2, 0.25) is 5.91 Å². The summed E-state index contributed by atoms with van der Waals surface area (Å²) < 4.78 is 0. The van der Waals surface area contributed by atoms with Gasteiger partial charge in [-0.3, -0.25) is 4.79 Å². The van der Waals surface area contributed by atoms with Crippen molar-refractivity contribution in [2.45, 2.75) is 58.3 Å². The molecule has 0 fully saturated rings. The Morgan fingerprint density at radius 3 is 2.71 bits per heavy atom. The van der Waals surface area contributed by atoms with E-state index in [1.54, 1.807) is 6.08 Å². The summed E-state index contributed by atoms with van der Waals surface area (Å²) in [7, 11) is 0. The van der Waals surface area contributed by atoms with E-state index in [-0.39, 0.29) is 5.91 Å². The summed E-state index contributed by atoms with van der Waals surface area (Å²) in [5, 5.41) is 3.73. The molecule has 0 bridgehead atoms. The standard InChI is InChI=1S/C21H28ClNO/c1-2-3-4-5-6-9-16-23-20(24)15-14-18-13-12-17-10-7-8-11-19(17)21(18)22/h7-8,10-11,14-15H,2-6,9,12-13,16H2,1H3,(H,23,24). The van der Waals surface area contributed by atoms with Gasteiger partial charge in [-0.25, -0.2) is 0 Å². The molecule has 0 saturated carbocycles. The molecule has 1 aromatic rings. The summed E-state index contributed by atoms with van der Waals surface area (Å²) in [6, 6.07) is 8.20. The molecule has 0 saturated heterocycles. The van der Waals surface area contributed by atoms with E-state index in [0.717, 1.165) is 42.0 Å². The Morgan fingerprint density at radius 2 is 1.88 bits per heavy atom. The van der Waals surface area contributed by atoms with Gasteiger partial charge in [-0.05, 0) is 36.0 Å². The predicted octanol–water partition coefficient (Wildman–Crippen LogP) is 5.62. The van der Waals surface area contributed by atoms with E-state index in [4.69, 9.17) is 11.6 Å². The fraction of sp³-hybridized carbons (Fsp3) is 0.476. The van der Waals surface area contributed by atoms with Gasteiger partial charge in [0.15, 0.2) is 0 Å². The third-order valence-electron chi connectivity index (χ3n) is 4.46. The highest BCUT2D eigenvalue weighted by molar-refractivity contribution is 6.49. The molecule has 0 aliphatic heterocycles. The van der Waals surface area contributed by atoms with Crippen LogP contribution in [0.2, 0.25) is 0 Å². The molecule has 0 unspecified atom stereocenters. The van der Waals surface area contributed by atoms with Crippen LogP contribution in [0.4, 0.5) is 0 Å². The van der Waals surface area contributed by atoms with E-state index < -0.39 is 0 Å². The van der Waals surface area contributed by atoms with Crippen LogP contribution in [-0.4, -0.2) is 12.5 Å². The summed E-state index contributed by atoms with van der Waals surface area (Å²) in [5.74, 6) is -0.0283. The average Bonchev–Trinajstić information content (AvgIpc) is 2.60. The first-order valence-corrected chi connectivity index (χ1v) is 9.53. The highest BCUT2D eigenvalue weighted by atomic mass is 35.5. The van der Waals surface area contributed by atoms with E-state index in [2.05, 4.69) is 18.3 Å². The molecule has 0 heterocycles. The molecule has 1 N–H and O–H groups in total. The normalized spacial score (nSPS) is 14.1. The molecule has 0 atom stereocenters. The molecule has 0 radical (unpaired) electrons. The lowest BCUT2D eigenvalue weighted by Gasteiger charge is -2.17. The maximum atomic E-state index is 11.9. The number of unbranched alkanes of at least 4 members (excludes halogenated alkanes) is 5. The van der Waals surface area contributed by atoms with Crippen LogP contribution in [0.5, 0.6) is 0 Å². The number of benzene rings is 1. The van der Waals surface area contributed by atoms with Gasteiger partial charge in [-0.1, -0.05) is 81.0 Å². The number of rotatable bonds is 9. The quantitative estimate of drug-likeness (QED) is 0.457. The molecule has 2 nitrogen and oxygen atoms in total. The van der Waals surface area contributed by atoms with Crippen LogP contribution in [0.15, 0.2) is 42.0 Å².